The molecule has 7 nitrogen and oxygen atoms in total. The van der Waals surface area contributed by atoms with Gasteiger partial charge in [0.25, 0.3) is 0 Å². The van der Waals surface area contributed by atoms with Gasteiger partial charge in [0.15, 0.2) is 0 Å². The second kappa shape index (κ2) is 12.2. The maximum atomic E-state index is 9.84. The van der Waals surface area contributed by atoms with Crippen LogP contribution in [0.3, 0.4) is 0 Å². The Hall–Kier alpha value is -2.38. The predicted octanol–water partition coefficient (Wildman–Crippen LogP) is 2.58. The molecule has 0 saturated carbocycles. The zero-order valence-electron chi connectivity index (χ0n) is 16.6. The number of aromatic hydroxyl groups is 1. The normalized spacial score (nSPS) is 15.8. The van der Waals surface area contributed by atoms with E-state index in [1.807, 2.05) is 6.07 Å². The number of carbonyl (C=O) groups is 2. The van der Waals surface area contributed by atoms with Gasteiger partial charge in [-0.1, -0.05) is 19.9 Å². The van der Waals surface area contributed by atoms with Crippen molar-refractivity contribution < 1.29 is 30.0 Å². The third-order valence-electron chi connectivity index (χ3n) is 4.75. The van der Waals surface area contributed by atoms with Gasteiger partial charge in [-0.05, 0) is 62.4 Å². The van der Waals surface area contributed by atoms with Gasteiger partial charge in [0.2, 0.25) is 0 Å². The molecule has 0 fully saturated rings. The summed E-state index contributed by atoms with van der Waals surface area (Å²) in [5, 5.41) is 34.9. The van der Waals surface area contributed by atoms with Crippen molar-refractivity contribution in [1.82, 2.24) is 4.90 Å². The lowest BCUT2D eigenvalue weighted by Crippen LogP contribution is -2.40. The first kappa shape index (κ1) is 23.7. The van der Waals surface area contributed by atoms with E-state index in [2.05, 4.69) is 18.7 Å². The number of phenols is 1. The Morgan fingerprint density at radius 3 is 2.14 bits per heavy atom. The van der Waals surface area contributed by atoms with E-state index in [-0.39, 0.29) is 12.4 Å². The van der Waals surface area contributed by atoms with Crippen molar-refractivity contribution in [3.05, 3.63) is 41.0 Å². The highest BCUT2D eigenvalue weighted by molar-refractivity contribution is 5.89. The molecule has 0 saturated heterocycles. The average molecular weight is 393 g/mol. The van der Waals surface area contributed by atoms with E-state index >= 15 is 0 Å². The summed E-state index contributed by atoms with van der Waals surface area (Å²) < 4.78 is 0. The first-order valence-corrected chi connectivity index (χ1v) is 9.65. The van der Waals surface area contributed by atoms with Gasteiger partial charge in [-0.25, -0.2) is 9.59 Å². The predicted molar refractivity (Wildman–Crippen MR) is 106 cm³/mol. The lowest BCUT2D eigenvalue weighted by molar-refractivity contribution is -0.134. The Morgan fingerprint density at radius 1 is 1.11 bits per heavy atom. The maximum Gasteiger partial charge on any atom is 0.328 e. The van der Waals surface area contributed by atoms with Crippen LogP contribution in [0.5, 0.6) is 5.75 Å². The first-order chi connectivity index (χ1) is 13.3. The van der Waals surface area contributed by atoms with Gasteiger partial charge >= 0.3 is 11.9 Å². The summed E-state index contributed by atoms with van der Waals surface area (Å²) in [5.41, 5.74) is 3.22. The molecule has 0 aliphatic heterocycles. The van der Waals surface area contributed by atoms with Gasteiger partial charge in [-0.3, -0.25) is 0 Å². The Bertz CT molecular complexity index is 664. The summed E-state index contributed by atoms with van der Waals surface area (Å²) in [5.74, 6) is -2.27. The van der Waals surface area contributed by atoms with Crippen molar-refractivity contribution in [2.75, 3.05) is 13.1 Å². The molecule has 1 aromatic carbocycles. The highest BCUT2D eigenvalue weighted by atomic mass is 16.4. The molecule has 156 valence electrons. The average Bonchev–Trinajstić information content (AvgIpc) is 2.66. The summed E-state index contributed by atoms with van der Waals surface area (Å²) >= 11 is 0. The molecule has 0 aromatic heterocycles. The number of carboxylic acids is 2. The molecular weight excluding hydrogens is 362 g/mol. The van der Waals surface area contributed by atoms with Crippen molar-refractivity contribution in [1.29, 1.82) is 0 Å². The van der Waals surface area contributed by atoms with Gasteiger partial charge in [0.05, 0.1) is 6.61 Å². The second-order valence-electron chi connectivity index (χ2n) is 6.80. The minimum Gasteiger partial charge on any atom is -0.508 e. The van der Waals surface area contributed by atoms with Crippen LogP contribution in [0.4, 0.5) is 0 Å². The fourth-order valence-electron chi connectivity index (χ4n) is 3.58. The fraction of sp³-hybridized carbons (Fsp3) is 0.524. The van der Waals surface area contributed by atoms with E-state index in [0.29, 0.717) is 18.2 Å². The summed E-state index contributed by atoms with van der Waals surface area (Å²) in [7, 11) is 0. The standard InChI is InChI=1S/C17H27NO2.C4H4O4/c1-3-9-18(10-4-2)14-6-7-15-13(11-14)5-8-17(20)16(15)12-19;5-3(6)1-2-4(7)8/h5,8,14,19-20H,3-4,6-7,9-12H2,1-2H3;1-2H,(H,5,6)(H,7,8)/b;2-1-/t14-;/m0./s1. The molecule has 1 aliphatic rings. The third-order valence-corrected chi connectivity index (χ3v) is 4.75. The first-order valence-electron chi connectivity index (χ1n) is 9.65. The van der Waals surface area contributed by atoms with Crippen LogP contribution >= 0.6 is 0 Å². The lowest BCUT2D eigenvalue weighted by Gasteiger charge is -2.35. The van der Waals surface area contributed by atoms with Gasteiger partial charge in [-0.15, -0.1) is 0 Å². The molecule has 0 bridgehead atoms. The van der Waals surface area contributed by atoms with E-state index in [1.165, 1.54) is 37.1 Å². The smallest absolute Gasteiger partial charge is 0.328 e. The number of carboxylic acid groups (broad SMARTS) is 2. The van der Waals surface area contributed by atoms with Crippen LogP contribution in [0.1, 0.15) is 49.8 Å². The van der Waals surface area contributed by atoms with Crippen LogP contribution in [0.15, 0.2) is 24.3 Å². The highest BCUT2D eigenvalue weighted by Crippen LogP contribution is 2.32. The maximum absolute atomic E-state index is 9.84. The number of fused-ring (bicyclic) bond motifs is 1. The minimum atomic E-state index is -1.26. The summed E-state index contributed by atoms with van der Waals surface area (Å²) in [6.07, 6.45) is 6.65. The highest BCUT2D eigenvalue weighted by Gasteiger charge is 2.25. The topological polar surface area (TPSA) is 118 Å². The van der Waals surface area contributed by atoms with E-state index < -0.39 is 11.9 Å². The molecule has 7 heteroatoms. The molecule has 1 aromatic rings. The Balaban J connectivity index is 0.000000416. The largest absolute Gasteiger partial charge is 0.508 e. The number of hydrogen-bond acceptors (Lipinski definition) is 5. The molecule has 1 aliphatic carbocycles. The van der Waals surface area contributed by atoms with Gasteiger partial charge < -0.3 is 25.3 Å². The van der Waals surface area contributed by atoms with Gasteiger partial charge in [-0.2, -0.15) is 0 Å². The Kier molecular flexibility index (Phi) is 10.3. The summed E-state index contributed by atoms with van der Waals surface area (Å²) in [6.45, 7) is 6.74. The molecule has 0 heterocycles. The number of aliphatic hydroxyl groups is 1. The molecule has 0 radical (unpaired) electrons. The molecule has 1 atom stereocenters. The van der Waals surface area contributed by atoms with E-state index in [0.717, 1.165) is 24.8 Å². The van der Waals surface area contributed by atoms with E-state index in [1.54, 1.807) is 6.07 Å². The van der Waals surface area contributed by atoms with Crippen LogP contribution in [0.25, 0.3) is 0 Å². The van der Waals surface area contributed by atoms with E-state index in [4.69, 9.17) is 10.2 Å². The van der Waals surface area contributed by atoms with Crippen LogP contribution in [-0.4, -0.2) is 56.4 Å². The van der Waals surface area contributed by atoms with Crippen LogP contribution in [-0.2, 0) is 29.0 Å². The van der Waals surface area contributed by atoms with Gasteiger partial charge in [0, 0.05) is 23.8 Å². The van der Waals surface area contributed by atoms with Gasteiger partial charge in [0.1, 0.15) is 5.75 Å². The zero-order valence-corrected chi connectivity index (χ0v) is 16.6. The number of benzene rings is 1. The number of rotatable bonds is 8. The number of aliphatic hydroxyl groups excluding tert-OH is 1. The Labute approximate surface area is 165 Å². The van der Waals surface area contributed by atoms with Crippen molar-refractivity contribution >= 4 is 11.9 Å². The minimum absolute atomic E-state index is 0.0622. The van der Waals surface area contributed by atoms with Crippen LogP contribution in [0.2, 0.25) is 0 Å². The SMILES string of the molecule is CCCN(CCC)[C@H]1CCc2c(ccc(O)c2CO)C1.O=C(O)/C=C\C(=O)O. The molecule has 28 heavy (non-hydrogen) atoms. The fourth-order valence-corrected chi connectivity index (χ4v) is 3.58. The van der Waals surface area contributed by atoms with Crippen LogP contribution in [0, 0.1) is 0 Å². The third kappa shape index (κ3) is 7.32. The van der Waals surface area contributed by atoms with Crippen molar-refractivity contribution in [2.24, 2.45) is 0 Å². The number of hydrogen-bond donors (Lipinski definition) is 4. The summed E-state index contributed by atoms with van der Waals surface area (Å²) in [6, 6.07) is 4.38. The molecule has 0 spiro atoms. The van der Waals surface area contributed by atoms with Crippen LogP contribution < -0.4 is 0 Å². The number of aliphatic carboxylic acids is 2. The molecule has 0 unspecified atom stereocenters. The summed E-state index contributed by atoms with van der Waals surface area (Å²) in [4.78, 5) is 21.7. The number of nitrogens with zero attached hydrogens (tertiary/aromatic N) is 1. The van der Waals surface area contributed by atoms with Crippen molar-refractivity contribution in [2.45, 2.75) is 58.6 Å². The van der Waals surface area contributed by atoms with E-state index in [9.17, 15) is 19.8 Å². The molecule has 4 N–H and O–H groups in total. The monoisotopic (exact) mass is 393 g/mol. The quantitative estimate of drug-likeness (QED) is 0.501. The molecular formula is C21H31NO6. The lowest BCUT2D eigenvalue weighted by atomic mass is 9.84. The Morgan fingerprint density at radius 2 is 1.68 bits per heavy atom. The zero-order chi connectivity index (χ0) is 21.1. The second-order valence-corrected chi connectivity index (χ2v) is 6.80. The molecule has 2 rings (SSSR count). The molecule has 0 amide bonds. The van der Waals surface area contributed by atoms with Crippen molar-refractivity contribution in [3.8, 4) is 5.75 Å². The van der Waals surface area contributed by atoms with Crippen molar-refractivity contribution in [3.63, 3.8) is 0 Å².